The number of halogens is 2. The van der Waals surface area contributed by atoms with Crippen LogP contribution < -0.4 is 9.47 Å². The van der Waals surface area contributed by atoms with E-state index in [1.165, 1.54) is 0 Å². The Morgan fingerprint density at radius 3 is 1.34 bits per heavy atom. The Bertz CT molecular complexity index is 906. The van der Waals surface area contributed by atoms with Gasteiger partial charge >= 0.3 is 0 Å². The van der Waals surface area contributed by atoms with Crippen LogP contribution in [0.5, 0.6) is 11.5 Å². The van der Waals surface area contributed by atoms with E-state index in [0.717, 1.165) is 8.95 Å². The molecule has 3 rings (SSSR count). The highest BCUT2D eigenvalue weighted by Gasteiger charge is 2.26. The van der Waals surface area contributed by atoms with Gasteiger partial charge in [-0.3, -0.25) is 9.59 Å². The lowest BCUT2D eigenvalue weighted by molar-refractivity contribution is 0.0535. The van der Waals surface area contributed by atoms with Crippen molar-refractivity contribution in [1.29, 1.82) is 0 Å². The molecular weight excluding hydrogens is 540 g/mol. The highest BCUT2D eigenvalue weighted by molar-refractivity contribution is 9.10. The van der Waals surface area contributed by atoms with E-state index < -0.39 is 0 Å². The summed E-state index contributed by atoms with van der Waals surface area (Å²) in [5.74, 6) is 1.32. The summed E-state index contributed by atoms with van der Waals surface area (Å²) in [5, 5.41) is 0. The molecule has 1 heterocycles. The molecule has 1 saturated heterocycles. The number of piperazine rings is 1. The molecule has 1 aliphatic heterocycles. The van der Waals surface area contributed by atoms with Gasteiger partial charge in [-0.2, -0.15) is 0 Å². The van der Waals surface area contributed by atoms with Crippen molar-refractivity contribution in [3.05, 3.63) is 56.5 Å². The summed E-state index contributed by atoms with van der Waals surface area (Å²) in [4.78, 5) is 29.4. The third-order valence-electron chi connectivity index (χ3n) is 4.94. The maximum absolute atomic E-state index is 12.9. The molecule has 0 atom stereocenters. The normalized spacial score (nSPS) is 14.1. The second-order valence-electron chi connectivity index (χ2n) is 8.21. The minimum Gasteiger partial charge on any atom is -0.490 e. The largest absolute Gasteiger partial charge is 0.490 e. The first-order valence-corrected chi connectivity index (χ1v) is 12.2. The molecule has 0 aromatic heterocycles. The lowest BCUT2D eigenvalue weighted by Crippen LogP contribution is -2.50. The third kappa shape index (κ3) is 6.04. The Morgan fingerprint density at radius 2 is 1.06 bits per heavy atom. The van der Waals surface area contributed by atoms with E-state index in [0.29, 0.717) is 48.8 Å². The van der Waals surface area contributed by atoms with Crippen molar-refractivity contribution < 1.29 is 19.1 Å². The van der Waals surface area contributed by atoms with Gasteiger partial charge in [-0.1, -0.05) is 0 Å². The average Bonchev–Trinajstić information content (AvgIpc) is 2.75. The van der Waals surface area contributed by atoms with Gasteiger partial charge < -0.3 is 19.3 Å². The highest BCUT2D eigenvalue weighted by Crippen LogP contribution is 2.29. The zero-order valence-corrected chi connectivity index (χ0v) is 21.9. The second kappa shape index (κ2) is 10.7. The van der Waals surface area contributed by atoms with Crippen LogP contribution >= 0.6 is 31.9 Å². The summed E-state index contributed by atoms with van der Waals surface area (Å²) in [6.45, 7) is 9.78. The Balaban J connectivity index is 1.61. The molecule has 0 bridgehead atoms. The van der Waals surface area contributed by atoms with Crippen molar-refractivity contribution in [3.63, 3.8) is 0 Å². The number of carbonyl (C=O) groups excluding carboxylic acids is 2. The number of hydrogen-bond donors (Lipinski definition) is 0. The van der Waals surface area contributed by atoms with Crippen LogP contribution in [0.1, 0.15) is 48.4 Å². The zero-order chi connectivity index (χ0) is 23.4. The smallest absolute Gasteiger partial charge is 0.254 e. The van der Waals surface area contributed by atoms with Crippen LogP contribution in [0.2, 0.25) is 0 Å². The summed E-state index contributed by atoms with van der Waals surface area (Å²) in [6.07, 6.45) is 0.107. The Kier molecular flexibility index (Phi) is 8.22. The molecule has 0 unspecified atom stereocenters. The molecule has 2 aromatic rings. The van der Waals surface area contributed by atoms with Crippen molar-refractivity contribution in [2.45, 2.75) is 39.9 Å². The van der Waals surface area contributed by atoms with E-state index in [1.54, 1.807) is 34.1 Å². The van der Waals surface area contributed by atoms with E-state index in [1.807, 2.05) is 39.8 Å². The van der Waals surface area contributed by atoms with Crippen LogP contribution in [0.25, 0.3) is 0 Å². The first-order valence-electron chi connectivity index (χ1n) is 10.7. The van der Waals surface area contributed by atoms with Crippen molar-refractivity contribution >= 4 is 43.7 Å². The molecule has 2 amide bonds. The van der Waals surface area contributed by atoms with Gasteiger partial charge in [0.1, 0.15) is 11.5 Å². The predicted octanol–water partition coefficient (Wildman–Crippen LogP) is 5.38. The molecule has 6 nitrogen and oxygen atoms in total. The SMILES string of the molecule is CC(C)Oc1ccc(C(=O)N2CCN(C(=O)c3ccc(OC(C)C)c(Br)c3)CC2)cc1Br. The van der Waals surface area contributed by atoms with Gasteiger partial charge in [0, 0.05) is 37.3 Å². The number of rotatable bonds is 6. The fourth-order valence-electron chi connectivity index (χ4n) is 3.44. The van der Waals surface area contributed by atoms with Crippen molar-refractivity contribution in [2.24, 2.45) is 0 Å². The fraction of sp³-hybridized carbons (Fsp3) is 0.417. The second-order valence-corrected chi connectivity index (χ2v) is 9.92. The van der Waals surface area contributed by atoms with Gasteiger partial charge in [-0.15, -0.1) is 0 Å². The fourth-order valence-corrected chi connectivity index (χ4v) is 4.39. The van der Waals surface area contributed by atoms with E-state index in [-0.39, 0.29) is 24.0 Å². The molecule has 32 heavy (non-hydrogen) atoms. The minimum atomic E-state index is -0.0492. The summed E-state index contributed by atoms with van der Waals surface area (Å²) >= 11 is 6.97. The molecule has 172 valence electrons. The first-order chi connectivity index (χ1) is 15.2. The summed E-state index contributed by atoms with van der Waals surface area (Å²) in [7, 11) is 0. The van der Waals surface area contributed by atoms with E-state index in [4.69, 9.17) is 9.47 Å². The van der Waals surface area contributed by atoms with Crippen molar-refractivity contribution in [2.75, 3.05) is 26.2 Å². The number of amides is 2. The van der Waals surface area contributed by atoms with Crippen LogP contribution in [0.15, 0.2) is 45.3 Å². The molecule has 0 saturated carbocycles. The van der Waals surface area contributed by atoms with Crippen LogP contribution in [0.3, 0.4) is 0 Å². The van der Waals surface area contributed by atoms with E-state index in [9.17, 15) is 9.59 Å². The molecule has 2 aromatic carbocycles. The quantitative estimate of drug-likeness (QED) is 0.470. The predicted molar refractivity (Wildman–Crippen MR) is 132 cm³/mol. The van der Waals surface area contributed by atoms with Crippen molar-refractivity contribution in [3.8, 4) is 11.5 Å². The van der Waals surface area contributed by atoms with Crippen LogP contribution in [0, 0.1) is 0 Å². The zero-order valence-electron chi connectivity index (χ0n) is 18.7. The monoisotopic (exact) mass is 566 g/mol. The molecule has 8 heteroatoms. The molecule has 0 aliphatic carbocycles. The van der Waals surface area contributed by atoms with E-state index >= 15 is 0 Å². The maximum Gasteiger partial charge on any atom is 0.254 e. The summed E-state index contributed by atoms with van der Waals surface area (Å²) in [5.41, 5.74) is 1.19. The van der Waals surface area contributed by atoms with Gasteiger partial charge in [0.2, 0.25) is 0 Å². The van der Waals surface area contributed by atoms with E-state index in [2.05, 4.69) is 31.9 Å². The van der Waals surface area contributed by atoms with Crippen LogP contribution in [-0.2, 0) is 0 Å². The summed E-state index contributed by atoms with van der Waals surface area (Å²) in [6, 6.07) is 10.7. The van der Waals surface area contributed by atoms with Gasteiger partial charge in [0.15, 0.2) is 0 Å². The first kappa shape index (κ1) is 24.6. The number of nitrogens with zero attached hydrogens (tertiary/aromatic N) is 2. The molecular formula is C24H28Br2N2O4. The van der Waals surface area contributed by atoms with Crippen LogP contribution in [-0.4, -0.2) is 60.0 Å². The minimum absolute atomic E-state index is 0.0492. The molecule has 1 aliphatic rings. The number of ether oxygens (including phenoxy) is 2. The lowest BCUT2D eigenvalue weighted by atomic mass is 10.1. The number of benzene rings is 2. The summed E-state index contributed by atoms with van der Waals surface area (Å²) < 4.78 is 12.9. The molecule has 0 N–H and O–H groups in total. The topological polar surface area (TPSA) is 59.1 Å². The Morgan fingerprint density at radius 1 is 0.719 bits per heavy atom. The Labute approximate surface area is 206 Å². The van der Waals surface area contributed by atoms with Gasteiger partial charge in [0.25, 0.3) is 11.8 Å². The maximum atomic E-state index is 12.9. The Hall–Kier alpha value is -2.06. The van der Waals surface area contributed by atoms with Gasteiger partial charge in [-0.25, -0.2) is 0 Å². The lowest BCUT2D eigenvalue weighted by Gasteiger charge is -2.35. The molecule has 0 spiro atoms. The van der Waals surface area contributed by atoms with Gasteiger partial charge in [-0.05, 0) is 96.0 Å². The van der Waals surface area contributed by atoms with Gasteiger partial charge in [0.05, 0.1) is 21.2 Å². The number of carbonyl (C=O) groups is 2. The van der Waals surface area contributed by atoms with Crippen molar-refractivity contribution in [1.82, 2.24) is 9.80 Å². The average molecular weight is 568 g/mol. The third-order valence-corrected chi connectivity index (χ3v) is 6.18. The molecule has 1 fully saturated rings. The number of hydrogen-bond acceptors (Lipinski definition) is 4. The standard InChI is InChI=1S/C24H28Br2N2O4/c1-15(2)31-21-7-5-17(13-19(21)25)23(29)27-9-11-28(12-10-27)24(30)18-6-8-22(20(26)14-18)32-16(3)4/h5-8,13-16H,9-12H2,1-4H3. The molecule has 0 radical (unpaired) electrons. The van der Waals surface area contributed by atoms with Crippen LogP contribution in [0.4, 0.5) is 0 Å². The highest BCUT2D eigenvalue weighted by atomic mass is 79.9.